The zero-order valence-corrected chi connectivity index (χ0v) is 9.79. The van der Waals surface area contributed by atoms with Crippen LogP contribution in [0.2, 0.25) is 0 Å². The number of primary amides is 1. The maximum atomic E-state index is 11.9. The van der Waals surface area contributed by atoms with E-state index < -0.39 is 11.5 Å². The van der Waals surface area contributed by atoms with Gasteiger partial charge in [0.15, 0.2) is 5.78 Å². The maximum Gasteiger partial charge on any atom is 0.261 e. The zero-order chi connectivity index (χ0) is 12.8. The third-order valence-corrected chi connectivity index (χ3v) is 2.98. The highest BCUT2D eigenvalue weighted by Gasteiger charge is 2.32. The van der Waals surface area contributed by atoms with Crippen LogP contribution in [0.4, 0.5) is 0 Å². The summed E-state index contributed by atoms with van der Waals surface area (Å²) in [4.78, 5) is 37.1. The molecule has 1 aliphatic rings. The van der Waals surface area contributed by atoms with Crippen LogP contribution < -0.4 is 11.3 Å². The summed E-state index contributed by atoms with van der Waals surface area (Å²) in [5.41, 5.74) is 5.24. The molecule has 0 aliphatic heterocycles. The first-order chi connectivity index (χ1) is 7.80. The fourth-order valence-electron chi connectivity index (χ4n) is 2.21. The Labute approximate surface area is 98.0 Å². The molecule has 1 aromatic rings. The highest BCUT2D eigenvalue weighted by molar-refractivity contribution is 6.01. The second-order valence-electron chi connectivity index (χ2n) is 5.21. The number of aromatic amines is 1. The topological polar surface area (TPSA) is 93.0 Å². The molecule has 3 N–H and O–H groups in total. The van der Waals surface area contributed by atoms with E-state index in [4.69, 9.17) is 5.73 Å². The van der Waals surface area contributed by atoms with Crippen LogP contribution in [0.25, 0.3) is 0 Å². The van der Waals surface area contributed by atoms with E-state index in [0.29, 0.717) is 24.1 Å². The Hall–Kier alpha value is -1.91. The molecule has 90 valence electrons. The first-order valence-corrected chi connectivity index (χ1v) is 5.39. The molecule has 1 heterocycles. The van der Waals surface area contributed by atoms with E-state index >= 15 is 0 Å². The quantitative estimate of drug-likeness (QED) is 0.746. The van der Waals surface area contributed by atoms with Crippen molar-refractivity contribution in [1.29, 1.82) is 0 Å². The van der Waals surface area contributed by atoms with Crippen molar-refractivity contribution in [1.82, 2.24) is 4.98 Å². The largest absolute Gasteiger partial charge is 0.365 e. The molecule has 0 atom stereocenters. The maximum absolute atomic E-state index is 11.9. The van der Waals surface area contributed by atoms with Crippen LogP contribution in [0.15, 0.2) is 10.9 Å². The second-order valence-corrected chi connectivity index (χ2v) is 5.21. The Kier molecular flexibility index (Phi) is 2.41. The number of amides is 1. The van der Waals surface area contributed by atoms with Crippen LogP contribution in [0.1, 0.15) is 46.7 Å². The molecular weight excluding hydrogens is 220 g/mol. The van der Waals surface area contributed by atoms with Gasteiger partial charge in [-0.25, -0.2) is 0 Å². The smallest absolute Gasteiger partial charge is 0.261 e. The molecule has 0 unspecified atom stereocenters. The van der Waals surface area contributed by atoms with Crippen molar-refractivity contribution >= 4 is 11.7 Å². The van der Waals surface area contributed by atoms with Crippen molar-refractivity contribution in [2.45, 2.75) is 26.7 Å². The SMILES string of the molecule is CC1(C)CC(=O)c2cc(C(N)=O)c(=O)[nH]c2C1. The number of nitrogens with two attached hydrogens (primary N) is 1. The Balaban J connectivity index is 2.62. The van der Waals surface area contributed by atoms with Gasteiger partial charge in [-0.2, -0.15) is 0 Å². The number of Topliss-reactive ketones (excluding diaryl/α,β-unsaturated/α-hetero) is 1. The normalized spacial score (nSPS) is 17.6. The van der Waals surface area contributed by atoms with Gasteiger partial charge >= 0.3 is 0 Å². The molecule has 0 radical (unpaired) electrons. The van der Waals surface area contributed by atoms with Gasteiger partial charge in [0.1, 0.15) is 5.56 Å². The van der Waals surface area contributed by atoms with Crippen LogP contribution in [-0.2, 0) is 6.42 Å². The van der Waals surface area contributed by atoms with Crippen molar-refractivity contribution in [2.75, 3.05) is 0 Å². The number of pyridine rings is 1. The minimum Gasteiger partial charge on any atom is -0.365 e. The highest BCUT2D eigenvalue weighted by atomic mass is 16.2. The Morgan fingerprint density at radius 2 is 2.00 bits per heavy atom. The van der Waals surface area contributed by atoms with E-state index in [-0.39, 0.29) is 16.8 Å². The van der Waals surface area contributed by atoms with Gasteiger partial charge in [0, 0.05) is 17.7 Å². The van der Waals surface area contributed by atoms with Gasteiger partial charge in [0.05, 0.1) is 0 Å². The molecule has 0 spiro atoms. The summed E-state index contributed by atoms with van der Waals surface area (Å²) in [5.74, 6) is -0.873. The van der Waals surface area contributed by atoms with E-state index in [0.717, 1.165) is 0 Å². The fourth-order valence-corrected chi connectivity index (χ4v) is 2.21. The van der Waals surface area contributed by atoms with E-state index in [9.17, 15) is 14.4 Å². The van der Waals surface area contributed by atoms with E-state index in [2.05, 4.69) is 4.98 Å². The van der Waals surface area contributed by atoms with Crippen LogP contribution in [0.3, 0.4) is 0 Å². The predicted octanol–water partition coefficient (Wildman–Crippen LogP) is 0.629. The number of hydrogen-bond acceptors (Lipinski definition) is 3. The summed E-state index contributed by atoms with van der Waals surface area (Å²) < 4.78 is 0. The van der Waals surface area contributed by atoms with E-state index in [1.54, 1.807) is 0 Å². The number of ketones is 1. The minimum absolute atomic E-state index is 0.0602. The van der Waals surface area contributed by atoms with Crippen molar-refractivity contribution in [2.24, 2.45) is 11.1 Å². The number of rotatable bonds is 1. The molecule has 0 aromatic carbocycles. The number of carbonyl (C=O) groups excluding carboxylic acids is 2. The summed E-state index contributed by atoms with van der Waals surface area (Å²) in [6, 6.07) is 1.31. The summed E-state index contributed by atoms with van der Waals surface area (Å²) in [5, 5.41) is 0. The van der Waals surface area contributed by atoms with Gasteiger partial charge in [0.2, 0.25) is 0 Å². The average molecular weight is 234 g/mol. The lowest BCUT2D eigenvalue weighted by molar-refractivity contribution is 0.0910. The van der Waals surface area contributed by atoms with Crippen molar-refractivity contribution < 1.29 is 9.59 Å². The van der Waals surface area contributed by atoms with Gasteiger partial charge in [-0.05, 0) is 17.9 Å². The summed E-state index contributed by atoms with van der Waals surface area (Å²) in [6.45, 7) is 3.93. The summed E-state index contributed by atoms with van der Waals surface area (Å²) >= 11 is 0. The van der Waals surface area contributed by atoms with Crippen LogP contribution in [-0.4, -0.2) is 16.7 Å². The van der Waals surface area contributed by atoms with Gasteiger partial charge in [0.25, 0.3) is 11.5 Å². The lowest BCUT2D eigenvalue weighted by atomic mass is 9.75. The number of fused-ring (bicyclic) bond motifs is 1. The van der Waals surface area contributed by atoms with Gasteiger partial charge in [-0.15, -0.1) is 0 Å². The number of carbonyl (C=O) groups is 2. The predicted molar refractivity (Wildman–Crippen MR) is 62.0 cm³/mol. The second kappa shape index (κ2) is 3.55. The van der Waals surface area contributed by atoms with Gasteiger partial charge < -0.3 is 10.7 Å². The molecule has 17 heavy (non-hydrogen) atoms. The van der Waals surface area contributed by atoms with Crippen molar-refractivity contribution in [3.05, 3.63) is 33.2 Å². The third-order valence-electron chi connectivity index (χ3n) is 2.98. The number of H-pyrrole nitrogens is 1. The number of aromatic nitrogens is 1. The minimum atomic E-state index is -0.813. The molecule has 1 aliphatic carbocycles. The average Bonchev–Trinajstić information content (AvgIpc) is 2.13. The molecule has 1 aromatic heterocycles. The Morgan fingerprint density at radius 1 is 1.35 bits per heavy atom. The summed E-state index contributed by atoms with van der Waals surface area (Å²) in [7, 11) is 0. The molecule has 0 saturated carbocycles. The molecule has 0 fully saturated rings. The van der Waals surface area contributed by atoms with Crippen LogP contribution in [0.5, 0.6) is 0 Å². The molecular formula is C12H14N2O3. The molecule has 2 rings (SSSR count). The van der Waals surface area contributed by atoms with Crippen LogP contribution in [0, 0.1) is 5.41 Å². The van der Waals surface area contributed by atoms with Crippen LogP contribution >= 0.6 is 0 Å². The molecule has 1 amide bonds. The van der Waals surface area contributed by atoms with Gasteiger partial charge in [-0.3, -0.25) is 14.4 Å². The zero-order valence-electron chi connectivity index (χ0n) is 9.79. The van der Waals surface area contributed by atoms with E-state index in [1.165, 1.54) is 6.07 Å². The third kappa shape index (κ3) is 2.00. The molecule has 5 heteroatoms. The number of nitrogens with one attached hydrogen (secondary N) is 1. The fraction of sp³-hybridized carbons (Fsp3) is 0.417. The van der Waals surface area contributed by atoms with Crippen molar-refractivity contribution in [3.8, 4) is 0 Å². The Morgan fingerprint density at radius 3 is 2.59 bits per heavy atom. The molecule has 0 saturated heterocycles. The first kappa shape index (κ1) is 11.6. The van der Waals surface area contributed by atoms with Crippen molar-refractivity contribution in [3.63, 3.8) is 0 Å². The lowest BCUT2D eigenvalue weighted by Gasteiger charge is -2.29. The highest BCUT2D eigenvalue weighted by Crippen LogP contribution is 2.33. The monoisotopic (exact) mass is 234 g/mol. The van der Waals surface area contributed by atoms with E-state index in [1.807, 2.05) is 13.8 Å². The standard InChI is InChI=1S/C12H14N2O3/c1-12(2)4-8-6(9(15)5-12)3-7(10(13)16)11(17)14-8/h3H,4-5H2,1-2H3,(H2,13,16)(H,14,17). The Bertz CT molecular complexity index is 570. The summed E-state index contributed by atoms with van der Waals surface area (Å²) in [6.07, 6.45) is 1.02. The molecule has 5 nitrogen and oxygen atoms in total. The molecule has 0 bridgehead atoms. The lowest BCUT2D eigenvalue weighted by Crippen LogP contribution is -2.33. The first-order valence-electron chi connectivity index (χ1n) is 5.39. The number of hydrogen-bond donors (Lipinski definition) is 2. The van der Waals surface area contributed by atoms with Gasteiger partial charge in [-0.1, -0.05) is 13.8 Å².